The van der Waals surface area contributed by atoms with Crippen molar-refractivity contribution < 1.29 is 5.11 Å². The maximum Gasteiger partial charge on any atom is 0.149 e. The van der Waals surface area contributed by atoms with Gasteiger partial charge in [-0.2, -0.15) is 0 Å². The summed E-state index contributed by atoms with van der Waals surface area (Å²) in [5.74, 6) is 0.991. The van der Waals surface area contributed by atoms with Crippen LogP contribution in [0.25, 0.3) is 72.7 Å². The normalized spacial score (nSPS) is 15.1. The Labute approximate surface area is 400 Å². The van der Waals surface area contributed by atoms with Gasteiger partial charge in [0.05, 0.1) is 28.0 Å². The summed E-state index contributed by atoms with van der Waals surface area (Å²) < 4.78 is 2.36. The summed E-state index contributed by atoms with van der Waals surface area (Å²) >= 11 is 0. The quantitative estimate of drug-likeness (QED) is 0.169. The van der Waals surface area contributed by atoms with Crippen molar-refractivity contribution in [3.63, 3.8) is 0 Å². The lowest BCUT2D eigenvalue weighted by Gasteiger charge is -2.33. The Kier molecular flexibility index (Phi) is 11.3. The predicted octanol–water partition coefficient (Wildman–Crippen LogP) is 17.1. The Morgan fingerprint density at radius 2 is 1.16 bits per heavy atom. The number of imidazole rings is 1. The van der Waals surface area contributed by atoms with Gasteiger partial charge in [0.25, 0.3) is 0 Å². The number of pyridine rings is 1. The summed E-state index contributed by atoms with van der Waals surface area (Å²) in [6.45, 7) is 30.0. The van der Waals surface area contributed by atoms with Gasteiger partial charge in [-0.25, -0.2) is 4.98 Å². The lowest BCUT2D eigenvalue weighted by Crippen LogP contribution is -2.23. The van der Waals surface area contributed by atoms with E-state index in [0.717, 1.165) is 85.6 Å². The Morgan fingerprint density at radius 1 is 0.522 bits per heavy atom. The molecule has 1 aliphatic carbocycles. The molecule has 9 rings (SSSR count). The topological polar surface area (TPSA) is 50.9 Å². The van der Waals surface area contributed by atoms with Crippen LogP contribution >= 0.6 is 0 Å². The number of rotatable bonds is 6. The molecule has 4 nitrogen and oxygen atoms in total. The molecule has 8 aromatic rings. The first-order valence-corrected chi connectivity index (χ1v) is 24.3. The zero-order valence-corrected chi connectivity index (χ0v) is 42.2. The van der Waals surface area contributed by atoms with E-state index in [0.29, 0.717) is 0 Å². The summed E-state index contributed by atoms with van der Waals surface area (Å²) in [7, 11) is 0. The Bertz CT molecular complexity index is 3160. The van der Waals surface area contributed by atoms with Crippen LogP contribution in [-0.4, -0.2) is 19.6 Å². The van der Waals surface area contributed by atoms with E-state index in [4.69, 9.17) is 9.97 Å². The standard InChI is InChI=1S/C63H69N3O/c1-59(2,3)44-29-30-53(48(37-44)47-26-18-27-50-55(47)63(12,13)33-20-32-62(50,10)11)66-54-28-19-25-46(42-23-17-24-43(35-42)52-36-41(31-34-64-52)40-21-15-14-16-22-40)56(54)65-58(66)49-38-45(60(4,5)6)39-51(57(49)67)61(7,8)9/h14-19,21-31,34-39,67H,20,32-33H2,1-13H3. The molecule has 1 aliphatic rings. The van der Waals surface area contributed by atoms with Crippen molar-refractivity contribution in [3.8, 4) is 67.5 Å². The van der Waals surface area contributed by atoms with Gasteiger partial charge in [0, 0.05) is 28.5 Å². The van der Waals surface area contributed by atoms with Crippen LogP contribution in [0.15, 0.2) is 140 Å². The molecule has 0 atom stereocenters. The maximum absolute atomic E-state index is 12.7. The molecular formula is C63H69N3O. The molecule has 0 aliphatic heterocycles. The van der Waals surface area contributed by atoms with Gasteiger partial charge < -0.3 is 5.11 Å². The van der Waals surface area contributed by atoms with E-state index < -0.39 is 0 Å². The summed E-state index contributed by atoms with van der Waals surface area (Å²) in [6, 6.07) is 48.5. The minimum Gasteiger partial charge on any atom is -0.507 e. The van der Waals surface area contributed by atoms with Crippen molar-refractivity contribution in [2.24, 2.45) is 0 Å². The van der Waals surface area contributed by atoms with E-state index in [-0.39, 0.29) is 32.8 Å². The average molecular weight is 884 g/mol. The Morgan fingerprint density at radius 3 is 1.88 bits per heavy atom. The number of aromatic hydroxyl groups is 1. The van der Waals surface area contributed by atoms with Gasteiger partial charge in [0.1, 0.15) is 11.6 Å². The van der Waals surface area contributed by atoms with Gasteiger partial charge in [0.2, 0.25) is 0 Å². The molecule has 0 fully saturated rings. The minimum absolute atomic E-state index is 0.0259. The minimum atomic E-state index is -0.325. The van der Waals surface area contributed by atoms with Gasteiger partial charge in [-0.1, -0.05) is 187 Å². The highest BCUT2D eigenvalue weighted by Crippen LogP contribution is 2.51. The molecular weight excluding hydrogens is 815 g/mol. The fourth-order valence-corrected chi connectivity index (χ4v) is 10.5. The highest BCUT2D eigenvalue weighted by molar-refractivity contribution is 5.98. The fourth-order valence-electron chi connectivity index (χ4n) is 10.5. The Hall–Kier alpha value is -6.26. The van der Waals surface area contributed by atoms with Gasteiger partial charge in [0.15, 0.2) is 0 Å². The number of nitrogens with zero attached hydrogens (tertiary/aromatic N) is 3. The molecule has 342 valence electrons. The third-order valence-electron chi connectivity index (χ3n) is 14.5. The number of hydrogen-bond donors (Lipinski definition) is 1. The number of para-hydroxylation sites is 1. The molecule has 0 spiro atoms. The smallest absolute Gasteiger partial charge is 0.149 e. The number of hydrogen-bond acceptors (Lipinski definition) is 3. The summed E-state index contributed by atoms with van der Waals surface area (Å²) in [5.41, 5.74) is 18.0. The van der Waals surface area contributed by atoms with E-state index in [9.17, 15) is 5.11 Å². The SMILES string of the molecule is CC(C)(C)c1ccc(-n2c(-c3cc(C(C)(C)C)cc(C(C)(C)C)c3O)nc3c(-c4cccc(-c5cc(-c6ccccc6)ccn5)c4)cccc32)c(-c2cccc3c2C(C)(C)CCCC3(C)C)c1. The molecule has 1 N–H and O–H groups in total. The molecule has 0 amide bonds. The molecule has 0 saturated heterocycles. The van der Waals surface area contributed by atoms with E-state index in [1.165, 1.54) is 34.2 Å². The van der Waals surface area contributed by atoms with E-state index >= 15 is 0 Å². The monoisotopic (exact) mass is 884 g/mol. The second-order valence-electron chi connectivity index (χ2n) is 23.6. The van der Waals surface area contributed by atoms with Crippen molar-refractivity contribution in [1.82, 2.24) is 14.5 Å². The molecule has 0 bridgehead atoms. The summed E-state index contributed by atoms with van der Waals surface area (Å²) in [5, 5.41) is 12.7. The van der Waals surface area contributed by atoms with Gasteiger partial charge in [-0.3, -0.25) is 9.55 Å². The zero-order chi connectivity index (χ0) is 47.8. The molecule has 2 aromatic heterocycles. The third-order valence-corrected chi connectivity index (χ3v) is 14.5. The lowest BCUT2D eigenvalue weighted by atomic mass is 9.71. The first-order valence-electron chi connectivity index (χ1n) is 24.3. The van der Waals surface area contributed by atoms with Crippen LogP contribution in [-0.2, 0) is 27.1 Å². The highest BCUT2D eigenvalue weighted by atomic mass is 16.3. The summed E-state index contributed by atoms with van der Waals surface area (Å²) in [4.78, 5) is 10.6. The molecule has 0 saturated carbocycles. The predicted molar refractivity (Wildman–Crippen MR) is 284 cm³/mol. The van der Waals surface area contributed by atoms with E-state index in [1.807, 2.05) is 12.3 Å². The maximum atomic E-state index is 12.7. The van der Waals surface area contributed by atoms with Crippen LogP contribution in [0, 0.1) is 0 Å². The van der Waals surface area contributed by atoms with Crippen molar-refractivity contribution in [2.75, 3.05) is 0 Å². The van der Waals surface area contributed by atoms with Crippen molar-refractivity contribution in [1.29, 1.82) is 0 Å². The van der Waals surface area contributed by atoms with Gasteiger partial charge in [-0.15, -0.1) is 0 Å². The molecule has 0 unspecified atom stereocenters. The third kappa shape index (κ3) is 8.54. The van der Waals surface area contributed by atoms with E-state index in [1.54, 1.807) is 0 Å². The van der Waals surface area contributed by atoms with Crippen LogP contribution in [0.3, 0.4) is 0 Å². The second kappa shape index (κ2) is 16.5. The van der Waals surface area contributed by atoms with Crippen LogP contribution < -0.4 is 0 Å². The molecule has 67 heavy (non-hydrogen) atoms. The number of phenols is 1. The average Bonchev–Trinajstić information content (AvgIpc) is 3.63. The number of fused-ring (bicyclic) bond motifs is 2. The van der Waals surface area contributed by atoms with Crippen LogP contribution in [0.4, 0.5) is 0 Å². The fraction of sp³-hybridized carbons (Fsp3) is 0.333. The number of benzene rings is 6. The molecule has 0 radical (unpaired) electrons. The van der Waals surface area contributed by atoms with Crippen molar-refractivity contribution >= 4 is 11.0 Å². The molecule has 2 heterocycles. The van der Waals surface area contributed by atoms with Crippen LogP contribution in [0.2, 0.25) is 0 Å². The van der Waals surface area contributed by atoms with Gasteiger partial charge in [-0.05, 0) is 127 Å². The van der Waals surface area contributed by atoms with Crippen LogP contribution in [0.5, 0.6) is 5.75 Å². The largest absolute Gasteiger partial charge is 0.507 e. The zero-order valence-electron chi connectivity index (χ0n) is 42.2. The Balaban J connectivity index is 1.37. The molecule has 4 heteroatoms. The van der Waals surface area contributed by atoms with Gasteiger partial charge >= 0.3 is 0 Å². The summed E-state index contributed by atoms with van der Waals surface area (Å²) in [6.07, 6.45) is 5.35. The number of phenolic OH excluding ortho intramolecular Hbond substituents is 1. The van der Waals surface area contributed by atoms with Crippen molar-refractivity contribution in [2.45, 2.75) is 136 Å². The second-order valence-corrected chi connectivity index (χ2v) is 23.6. The number of aromatic nitrogens is 3. The highest BCUT2D eigenvalue weighted by Gasteiger charge is 2.37. The van der Waals surface area contributed by atoms with Crippen LogP contribution in [0.1, 0.15) is 137 Å². The molecule has 6 aromatic carbocycles. The van der Waals surface area contributed by atoms with Crippen molar-refractivity contribution in [3.05, 3.63) is 167 Å². The first-order chi connectivity index (χ1) is 31.5. The lowest BCUT2D eigenvalue weighted by molar-refractivity contribution is 0.433. The first kappa shape index (κ1) is 45.9. The van der Waals surface area contributed by atoms with E-state index in [2.05, 4.69) is 222 Å².